The Bertz CT molecular complexity index is 262. The standard InChI is InChI=1S/C10H14O3S/c11-4-7-3-10(12)13-5-8-6-14-2-1-9(7)8/h3,8-9,11H,1-2,4-6H2. The van der Waals surface area contributed by atoms with E-state index < -0.39 is 0 Å². The number of thioether (sulfide) groups is 1. The highest BCUT2D eigenvalue weighted by Crippen LogP contribution is 2.35. The second-order valence-electron chi connectivity index (χ2n) is 3.74. The molecule has 0 spiro atoms. The molecule has 0 aromatic rings. The van der Waals surface area contributed by atoms with Gasteiger partial charge in [-0.1, -0.05) is 0 Å². The first-order valence-electron chi connectivity index (χ1n) is 4.87. The number of rotatable bonds is 1. The maximum absolute atomic E-state index is 11.2. The van der Waals surface area contributed by atoms with Gasteiger partial charge in [-0.25, -0.2) is 4.79 Å². The first-order valence-corrected chi connectivity index (χ1v) is 6.02. The van der Waals surface area contributed by atoms with Crippen molar-refractivity contribution in [3.8, 4) is 0 Å². The van der Waals surface area contributed by atoms with Crippen LogP contribution in [0.25, 0.3) is 0 Å². The van der Waals surface area contributed by atoms with E-state index in [1.807, 2.05) is 11.8 Å². The fraction of sp³-hybridized carbons (Fsp3) is 0.700. The van der Waals surface area contributed by atoms with Crippen LogP contribution in [-0.2, 0) is 9.53 Å². The Morgan fingerprint density at radius 1 is 1.64 bits per heavy atom. The third kappa shape index (κ3) is 1.96. The van der Waals surface area contributed by atoms with Crippen LogP contribution in [0.3, 0.4) is 0 Å². The molecule has 1 fully saturated rings. The van der Waals surface area contributed by atoms with Gasteiger partial charge in [0.05, 0.1) is 13.2 Å². The van der Waals surface area contributed by atoms with Gasteiger partial charge < -0.3 is 9.84 Å². The number of fused-ring (bicyclic) bond motifs is 1. The summed E-state index contributed by atoms with van der Waals surface area (Å²) in [4.78, 5) is 11.2. The Hall–Kier alpha value is -0.480. The Balaban J connectivity index is 2.20. The Morgan fingerprint density at radius 2 is 2.50 bits per heavy atom. The van der Waals surface area contributed by atoms with E-state index in [2.05, 4.69) is 0 Å². The highest BCUT2D eigenvalue weighted by molar-refractivity contribution is 7.99. The molecule has 14 heavy (non-hydrogen) atoms. The normalized spacial score (nSPS) is 32.6. The van der Waals surface area contributed by atoms with Crippen molar-refractivity contribution in [3.05, 3.63) is 11.6 Å². The largest absolute Gasteiger partial charge is 0.462 e. The van der Waals surface area contributed by atoms with Crippen molar-refractivity contribution in [2.24, 2.45) is 11.8 Å². The summed E-state index contributed by atoms with van der Waals surface area (Å²) in [6.07, 6.45) is 2.53. The van der Waals surface area contributed by atoms with Gasteiger partial charge in [-0.15, -0.1) is 0 Å². The third-order valence-corrected chi connectivity index (χ3v) is 4.06. The molecular weight excluding hydrogens is 200 g/mol. The van der Waals surface area contributed by atoms with Crippen LogP contribution >= 0.6 is 11.8 Å². The van der Waals surface area contributed by atoms with Gasteiger partial charge in [-0.2, -0.15) is 11.8 Å². The van der Waals surface area contributed by atoms with E-state index in [1.165, 1.54) is 6.08 Å². The summed E-state index contributed by atoms with van der Waals surface area (Å²) in [5.41, 5.74) is 0.859. The van der Waals surface area contributed by atoms with E-state index in [0.29, 0.717) is 18.4 Å². The van der Waals surface area contributed by atoms with Gasteiger partial charge in [0.1, 0.15) is 0 Å². The number of aliphatic hydroxyl groups excluding tert-OH is 1. The van der Waals surface area contributed by atoms with Crippen LogP contribution in [0.5, 0.6) is 0 Å². The molecule has 0 bridgehead atoms. The minimum Gasteiger partial charge on any atom is -0.462 e. The van der Waals surface area contributed by atoms with Crippen LogP contribution in [-0.4, -0.2) is 35.8 Å². The maximum Gasteiger partial charge on any atom is 0.330 e. The molecule has 2 heterocycles. The number of esters is 1. The number of hydrogen-bond donors (Lipinski definition) is 1. The van der Waals surface area contributed by atoms with E-state index in [-0.39, 0.29) is 12.6 Å². The molecule has 2 aliphatic rings. The topological polar surface area (TPSA) is 46.5 Å². The molecular formula is C10H14O3S. The number of cyclic esters (lactones) is 1. The fourth-order valence-electron chi connectivity index (χ4n) is 2.10. The highest BCUT2D eigenvalue weighted by atomic mass is 32.2. The summed E-state index contributed by atoms with van der Waals surface area (Å²) in [5.74, 6) is 2.61. The van der Waals surface area contributed by atoms with Crippen molar-refractivity contribution >= 4 is 17.7 Å². The van der Waals surface area contributed by atoms with Crippen LogP contribution in [0.15, 0.2) is 11.6 Å². The summed E-state index contributed by atoms with van der Waals surface area (Å²) in [5, 5.41) is 9.19. The number of hydrogen-bond acceptors (Lipinski definition) is 4. The van der Waals surface area contributed by atoms with E-state index in [0.717, 1.165) is 23.5 Å². The van der Waals surface area contributed by atoms with Gasteiger partial charge in [-0.05, 0) is 29.4 Å². The van der Waals surface area contributed by atoms with Crippen LogP contribution < -0.4 is 0 Å². The van der Waals surface area contributed by atoms with Gasteiger partial charge in [0.2, 0.25) is 0 Å². The van der Waals surface area contributed by atoms with Crippen LogP contribution in [0.1, 0.15) is 6.42 Å². The lowest BCUT2D eigenvalue weighted by Gasteiger charge is -2.30. The fourth-order valence-corrected chi connectivity index (χ4v) is 3.32. The second kappa shape index (κ2) is 4.36. The summed E-state index contributed by atoms with van der Waals surface area (Å²) in [6.45, 7) is 0.497. The molecule has 0 radical (unpaired) electrons. The molecule has 3 nitrogen and oxygen atoms in total. The average Bonchev–Trinajstić information content (AvgIpc) is 2.38. The number of aliphatic hydroxyl groups is 1. The molecule has 0 aliphatic carbocycles. The molecule has 4 heteroatoms. The van der Waals surface area contributed by atoms with E-state index in [9.17, 15) is 9.90 Å². The summed E-state index contributed by atoms with van der Waals surface area (Å²) in [6, 6.07) is 0. The lowest BCUT2D eigenvalue weighted by atomic mass is 9.85. The van der Waals surface area contributed by atoms with Gasteiger partial charge in [-0.3, -0.25) is 0 Å². The first kappa shape index (κ1) is 10.1. The van der Waals surface area contributed by atoms with E-state index >= 15 is 0 Å². The van der Waals surface area contributed by atoms with Crippen LogP contribution in [0, 0.1) is 11.8 Å². The van der Waals surface area contributed by atoms with E-state index in [4.69, 9.17) is 4.74 Å². The highest BCUT2D eigenvalue weighted by Gasteiger charge is 2.31. The number of carbonyl (C=O) groups is 1. The predicted molar refractivity (Wildman–Crippen MR) is 55.0 cm³/mol. The summed E-state index contributed by atoms with van der Waals surface area (Å²) >= 11 is 1.90. The van der Waals surface area contributed by atoms with Gasteiger partial charge in [0, 0.05) is 12.0 Å². The van der Waals surface area contributed by atoms with Crippen molar-refractivity contribution in [1.29, 1.82) is 0 Å². The molecule has 0 aromatic carbocycles. The molecule has 2 atom stereocenters. The lowest BCUT2D eigenvalue weighted by molar-refractivity contribution is -0.138. The Labute approximate surface area is 87.5 Å². The Kier molecular flexibility index (Phi) is 3.13. The minimum absolute atomic E-state index is 0.0130. The Morgan fingerprint density at radius 3 is 3.29 bits per heavy atom. The predicted octanol–water partition coefficient (Wildman–Crippen LogP) is 0.831. The van der Waals surface area contributed by atoms with E-state index in [1.54, 1.807) is 0 Å². The zero-order valence-corrected chi connectivity index (χ0v) is 8.76. The first-order chi connectivity index (χ1) is 6.81. The SMILES string of the molecule is O=C1C=C(CO)C2CCSCC2CO1. The van der Waals surface area contributed by atoms with Gasteiger partial charge >= 0.3 is 5.97 Å². The second-order valence-corrected chi connectivity index (χ2v) is 4.89. The maximum atomic E-state index is 11.2. The summed E-state index contributed by atoms with van der Waals surface area (Å²) < 4.78 is 5.06. The van der Waals surface area contributed by atoms with Crippen molar-refractivity contribution in [2.75, 3.05) is 24.7 Å². The number of ether oxygens (including phenoxy) is 1. The van der Waals surface area contributed by atoms with Gasteiger partial charge in [0.25, 0.3) is 0 Å². The van der Waals surface area contributed by atoms with Crippen LogP contribution in [0.4, 0.5) is 0 Å². The quantitative estimate of drug-likeness (QED) is 0.657. The smallest absolute Gasteiger partial charge is 0.330 e. The van der Waals surface area contributed by atoms with Crippen molar-refractivity contribution in [1.82, 2.24) is 0 Å². The van der Waals surface area contributed by atoms with Crippen molar-refractivity contribution < 1.29 is 14.6 Å². The molecule has 0 amide bonds. The molecule has 2 aliphatic heterocycles. The number of carbonyl (C=O) groups excluding carboxylic acids is 1. The molecule has 0 saturated carbocycles. The molecule has 2 rings (SSSR count). The molecule has 78 valence electrons. The zero-order chi connectivity index (χ0) is 9.97. The minimum atomic E-state index is -0.298. The average molecular weight is 214 g/mol. The summed E-state index contributed by atoms with van der Waals surface area (Å²) in [7, 11) is 0. The molecule has 1 N–H and O–H groups in total. The van der Waals surface area contributed by atoms with Crippen LogP contribution in [0.2, 0.25) is 0 Å². The lowest BCUT2D eigenvalue weighted by Crippen LogP contribution is -2.27. The monoisotopic (exact) mass is 214 g/mol. The molecule has 0 aromatic heterocycles. The zero-order valence-electron chi connectivity index (χ0n) is 7.94. The van der Waals surface area contributed by atoms with Crippen molar-refractivity contribution in [3.63, 3.8) is 0 Å². The third-order valence-electron chi connectivity index (χ3n) is 2.88. The van der Waals surface area contributed by atoms with Gasteiger partial charge in [0.15, 0.2) is 0 Å². The molecule has 1 saturated heterocycles. The molecule has 2 unspecified atom stereocenters. The van der Waals surface area contributed by atoms with Crippen molar-refractivity contribution in [2.45, 2.75) is 6.42 Å².